The van der Waals surface area contributed by atoms with E-state index < -0.39 is 0 Å². The van der Waals surface area contributed by atoms with E-state index in [2.05, 4.69) is 11.4 Å². The number of nitrogens with one attached hydrogen (secondary N) is 2. The van der Waals surface area contributed by atoms with Crippen molar-refractivity contribution >= 4 is 33.6 Å². The molecule has 2 aromatic rings. The zero-order valence-electron chi connectivity index (χ0n) is 14.0. The lowest BCUT2D eigenvalue weighted by Gasteiger charge is -2.32. The first kappa shape index (κ1) is 17.8. The fourth-order valence-electron chi connectivity index (χ4n) is 3.02. The number of nitro benzene ring substituents is 1. The maximum Gasteiger partial charge on any atom is 0.292 e. The van der Waals surface area contributed by atoms with Gasteiger partial charge >= 0.3 is 0 Å². The van der Waals surface area contributed by atoms with E-state index in [0.717, 1.165) is 18.0 Å². The summed E-state index contributed by atoms with van der Waals surface area (Å²) in [6.07, 6.45) is 0. The van der Waals surface area contributed by atoms with Crippen LogP contribution in [0.1, 0.15) is 5.56 Å². The summed E-state index contributed by atoms with van der Waals surface area (Å²) in [5.41, 5.74) is 1.20. The molecule has 9 heteroatoms. The molecule has 0 atom stereocenters. The third kappa shape index (κ3) is 3.99. The number of rotatable bonds is 5. The Morgan fingerprint density at radius 3 is 2.77 bits per heavy atom. The number of nitriles is 1. The van der Waals surface area contributed by atoms with Crippen molar-refractivity contribution in [3.63, 3.8) is 0 Å². The van der Waals surface area contributed by atoms with Gasteiger partial charge in [0.05, 0.1) is 36.7 Å². The van der Waals surface area contributed by atoms with E-state index in [0.29, 0.717) is 35.9 Å². The van der Waals surface area contributed by atoms with Gasteiger partial charge in [-0.2, -0.15) is 5.26 Å². The van der Waals surface area contributed by atoms with Crippen molar-refractivity contribution in [2.24, 2.45) is 0 Å². The molecule has 26 heavy (non-hydrogen) atoms. The van der Waals surface area contributed by atoms with Crippen LogP contribution in [0.3, 0.4) is 0 Å². The lowest BCUT2D eigenvalue weighted by Crippen LogP contribution is -3.15. The van der Waals surface area contributed by atoms with Gasteiger partial charge in [-0.15, -0.1) is 11.3 Å². The number of quaternary nitrogens is 1. The highest BCUT2D eigenvalue weighted by atomic mass is 32.1. The molecule has 0 spiro atoms. The summed E-state index contributed by atoms with van der Waals surface area (Å²) in [4.78, 5) is 26.1. The third-order valence-corrected chi connectivity index (χ3v) is 5.17. The van der Waals surface area contributed by atoms with Crippen LogP contribution in [0.4, 0.5) is 16.4 Å². The Hall–Kier alpha value is -2.96. The molecule has 1 fully saturated rings. The SMILES string of the molecule is N#Cc1ccsc1NC(=O)C[NH+]1CCN(c2ccccc2[N+](=O)[O-])CC1. The molecule has 0 unspecified atom stereocenters. The van der Waals surface area contributed by atoms with Crippen molar-refractivity contribution in [3.8, 4) is 6.07 Å². The summed E-state index contributed by atoms with van der Waals surface area (Å²) < 4.78 is 0. The standard InChI is InChI=1S/C17H17N5O3S/c18-11-13-5-10-26-17(13)19-16(23)12-20-6-8-21(9-7-20)14-3-1-2-4-15(14)22(24)25/h1-5,10H,6-9,12H2,(H,19,23)/p+1. The number of carbonyl (C=O) groups excluding carboxylic acids is 1. The topological polar surface area (TPSA) is 104 Å². The number of nitro groups is 1. The first-order chi connectivity index (χ1) is 12.6. The summed E-state index contributed by atoms with van der Waals surface area (Å²) in [7, 11) is 0. The average molecular weight is 372 g/mol. The van der Waals surface area contributed by atoms with E-state index in [-0.39, 0.29) is 16.5 Å². The van der Waals surface area contributed by atoms with Crippen molar-refractivity contribution in [3.05, 3.63) is 51.4 Å². The van der Waals surface area contributed by atoms with Crippen LogP contribution in [0, 0.1) is 21.4 Å². The Labute approximate surface area is 154 Å². The predicted molar refractivity (Wildman–Crippen MR) is 98.5 cm³/mol. The number of hydrogen-bond donors (Lipinski definition) is 2. The van der Waals surface area contributed by atoms with Gasteiger partial charge in [-0.05, 0) is 17.5 Å². The second kappa shape index (κ2) is 7.95. The van der Waals surface area contributed by atoms with Crippen molar-refractivity contribution in [2.75, 3.05) is 42.9 Å². The maximum absolute atomic E-state index is 12.2. The van der Waals surface area contributed by atoms with Gasteiger partial charge in [0.2, 0.25) is 0 Å². The first-order valence-electron chi connectivity index (χ1n) is 8.18. The highest BCUT2D eigenvalue weighted by Gasteiger charge is 2.26. The highest BCUT2D eigenvalue weighted by molar-refractivity contribution is 7.14. The molecule has 2 N–H and O–H groups in total. The van der Waals surface area contributed by atoms with Gasteiger partial charge in [-0.25, -0.2) is 0 Å². The molecule has 1 aromatic heterocycles. The minimum absolute atomic E-state index is 0.107. The van der Waals surface area contributed by atoms with Crippen LogP contribution in [-0.2, 0) is 4.79 Å². The molecular weight excluding hydrogens is 354 g/mol. The molecule has 8 nitrogen and oxygen atoms in total. The average Bonchev–Trinajstić information content (AvgIpc) is 3.09. The van der Waals surface area contributed by atoms with Gasteiger partial charge < -0.3 is 15.1 Å². The number of piperazine rings is 1. The van der Waals surface area contributed by atoms with Crippen molar-refractivity contribution < 1.29 is 14.6 Å². The van der Waals surface area contributed by atoms with Crippen LogP contribution in [0.2, 0.25) is 0 Å². The lowest BCUT2D eigenvalue weighted by molar-refractivity contribution is -0.892. The van der Waals surface area contributed by atoms with Crippen LogP contribution in [-0.4, -0.2) is 43.6 Å². The summed E-state index contributed by atoms with van der Waals surface area (Å²) in [6.45, 7) is 3.04. The molecule has 134 valence electrons. The number of carbonyl (C=O) groups is 1. The fourth-order valence-corrected chi connectivity index (χ4v) is 3.77. The van der Waals surface area contributed by atoms with Crippen LogP contribution >= 0.6 is 11.3 Å². The van der Waals surface area contributed by atoms with Gasteiger partial charge in [0, 0.05) is 6.07 Å². The zero-order valence-corrected chi connectivity index (χ0v) is 14.8. The largest absolute Gasteiger partial charge is 0.355 e. The van der Waals surface area contributed by atoms with Crippen LogP contribution in [0.25, 0.3) is 0 Å². The Morgan fingerprint density at radius 1 is 1.35 bits per heavy atom. The smallest absolute Gasteiger partial charge is 0.292 e. The minimum atomic E-state index is -0.365. The zero-order chi connectivity index (χ0) is 18.5. The van der Waals surface area contributed by atoms with Crippen molar-refractivity contribution in [1.29, 1.82) is 5.26 Å². The van der Waals surface area contributed by atoms with E-state index >= 15 is 0 Å². The molecule has 0 aliphatic carbocycles. The Morgan fingerprint density at radius 2 is 2.08 bits per heavy atom. The summed E-state index contributed by atoms with van der Waals surface area (Å²) >= 11 is 1.33. The maximum atomic E-state index is 12.2. The quantitative estimate of drug-likeness (QED) is 0.599. The second-order valence-electron chi connectivity index (χ2n) is 5.98. The third-order valence-electron chi connectivity index (χ3n) is 4.34. The molecular formula is C17H18N5O3S+. The van der Waals surface area contributed by atoms with Crippen molar-refractivity contribution in [2.45, 2.75) is 0 Å². The number of nitrogens with zero attached hydrogens (tertiary/aromatic N) is 3. The predicted octanol–water partition coefficient (Wildman–Crippen LogP) is 0.872. The van der Waals surface area contributed by atoms with E-state index in [9.17, 15) is 14.9 Å². The van der Waals surface area contributed by atoms with Gasteiger partial charge in [0.15, 0.2) is 6.54 Å². The van der Waals surface area contributed by atoms with Gasteiger partial charge in [0.25, 0.3) is 11.6 Å². The molecule has 1 saturated heterocycles. The van der Waals surface area contributed by atoms with Gasteiger partial charge in [-0.3, -0.25) is 14.9 Å². The molecule has 2 heterocycles. The highest BCUT2D eigenvalue weighted by Crippen LogP contribution is 2.27. The monoisotopic (exact) mass is 372 g/mol. The Bertz CT molecular complexity index is 852. The lowest BCUT2D eigenvalue weighted by atomic mass is 10.2. The molecule has 1 aromatic carbocycles. The molecule has 1 aliphatic rings. The van der Waals surface area contributed by atoms with Crippen LogP contribution in [0.15, 0.2) is 35.7 Å². The summed E-state index contributed by atoms with van der Waals surface area (Å²) in [6, 6.07) is 10.5. The molecule has 0 saturated carbocycles. The van der Waals surface area contributed by atoms with E-state index in [4.69, 9.17) is 5.26 Å². The Kier molecular flexibility index (Phi) is 5.46. The second-order valence-corrected chi connectivity index (χ2v) is 6.90. The number of para-hydroxylation sites is 2. The molecule has 0 radical (unpaired) electrons. The fraction of sp³-hybridized carbons (Fsp3) is 0.294. The number of thiophene rings is 1. The van der Waals surface area contributed by atoms with Crippen molar-refractivity contribution in [1.82, 2.24) is 0 Å². The normalized spacial score (nSPS) is 14.7. The first-order valence-corrected chi connectivity index (χ1v) is 9.06. The number of anilines is 2. The minimum Gasteiger partial charge on any atom is -0.355 e. The molecule has 0 bridgehead atoms. The molecule has 3 rings (SSSR count). The van der Waals surface area contributed by atoms with E-state index in [1.54, 1.807) is 29.6 Å². The number of amides is 1. The van der Waals surface area contributed by atoms with Crippen LogP contribution in [0.5, 0.6) is 0 Å². The molecule has 1 aliphatic heterocycles. The van der Waals surface area contributed by atoms with Gasteiger partial charge in [0.1, 0.15) is 16.8 Å². The summed E-state index contributed by atoms with van der Waals surface area (Å²) in [5.74, 6) is -0.127. The van der Waals surface area contributed by atoms with Crippen LogP contribution < -0.4 is 15.1 Å². The van der Waals surface area contributed by atoms with Gasteiger partial charge in [-0.1, -0.05) is 12.1 Å². The number of hydrogen-bond acceptors (Lipinski definition) is 6. The Balaban J connectivity index is 1.55. The summed E-state index contributed by atoms with van der Waals surface area (Å²) in [5, 5.41) is 25.3. The van der Waals surface area contributed by atoms with E-state index in [1.807, 2.05) is 4.90 Å². The number of benzene rings is 1. The van der Waals surface area contributed by atoms with E-state index in [1.165, 1.54) is 17.4 Å². The molecule has 1 amide bonds.